The van der Waals surface area contributed by atoms with Gasteiger partial charge in [0, 0.05) is 38.3 Å². The molecule has 0 saturated carbocycles. The van der Waals surface area contributed by atoms with Crippen LogP contribution < -0.4 is 15.4 Å². The minimum atomic E-state index is -0.220. The topological polar surface area (TPSA) is 58.1 Å². The predicted molar refractivity (Wildman–Crippen MR) is 109 cm³/mol. The van der Waals surface area contributed by atoms with E-state index in [4.69, 9.17) is 9.47 Å². The highest BCUT2D eigenvalue weighted by Crippen LogP contribution is 2.23. The maximum absolute atomic E-state index is 6.07. The molecule has 2 atom stereocenters. The Labute approximate surface area is 163 Å². The second kappa shape index (κ2) is 8.93. The van der Waals surface area contributed by atoms with E-state index in [1.807, 2.05) is 18.2 Å². The van der Waals surface area contributed by atoms with Crippen LogP contribution in [0.1, 0.15) is 39.2 Å². The lowest BCUT2D eigenvalue weighted by molar-refractivity contribution is -0.0453. The smallest absolute Gasteiger partial charge is 0.191 e. The third kappa shape index (κ3) is 5.84. The average Bonchev–Trinajstić information content (AvgIpc) is 3.09. The molecule has 3 rings (SSSR count). The molecule has 6 heteroatoms. The Balaban J connectivity index is 1.48. The van der Waals surface area contributed by atoms with Gasteiger partial charge in [-0.3, -0.25) is 9.89 Å². The van der Waals surface area contributed by atoms with E-state index < -0.39 is 0 Å². The maximum Gasteiger partial charge on any atom is 0.191 e. The zero-order valence-electron chi connectivity index (χ0n) is 17.1. The van der Waals surface area contributed by atoms with E-state index in [1.54, 1.807) is 7.05 Å². The highest BCUT2D eigenvalue weighted by Gasteiger charge is 2.32. The van der Waals surface area contributed by atoms with Gasteiger partial charge in [0.15, 0.2) is 5.96 Å². The molecule has 6 nitrogen and oxygen atoms in total. The molecule has 2 N–H and O–H groups in total. The van der Waals surface area contributed by atoms with Crippen LogP contribution in [0.5, 0.6) is 5.75 Å². The summed E-state index contributed by atoms with van der Waals surface area (Å²) in [5.41, 5.74) is 0.895. The Hall–Kier alpha value is -1.79. The summed E-state index contributed by atoms with van der Waals surface area (Å²) in [6.07, 6.45) is 2.79. The number of nitrogens with zero attached hydrogens (tertiary/aromatic N) is 2. The van der Waals surface area contributed by atoms with Crippen LogP contribution in [-0.2, 0) is 11.3 Å². The van der Waals surface area contributed by atoms with Gasteiger partial charge in [0.25, 0.3) is 0 Å². The molecule has 2 fully saturated rings. The lowest BCUT2D eigenvalue weighted by Crippen LogP contribution is -2.51. The molecule has 0 amide bonds. The van der Waals surface area contributed by atoms with Crippen molar-refractivity contribution in [2.75, 3.05) is 33.3 Å². The average molecular weight is 375 g/mol. The van der Waals surface area contributed by atoms with Crippen LogP contribution in [0.3, 0.4) is 0 Å². The maximum atomic E-state index is 6.07. The second-order valence-corrected chi connectivity index (χ2v) is 8.38. The number of hydrogen-bond acceptors (Lipinski definition) is 4. The molecule has 0 spiro atoms. The van der Waals surface area contributed by atoms with Crippen LogP contribution in [0.15, 0.2) is 29.3 Å². The van der Waals surface area contributed by atoms with Crippen molar-refractivity contribution in [2.45, 2.75) is 57.9 Å². The molecule has 150 valence electrons. The zero-order valence-corrected chi connectivity index (χ0v) is 17.1. The first-order valence-corrected chi connectivity index (χ1v) is 10.0. The molecule has 0 radical (unpaired) electrons. The first-order valence-electron chi connectivity index (χ1n) is 10.0. The SMILES string of the molecule is CN=C(NCc1ccccc1OC(C)(C)C)NCC1CN2CCCC2CO1. The molecular weight excluding hydrogens is 340 g/mol. The number of nitrogens with one attached hydrogen (secondary N) is 2. The molecule has 2 heterocycles. The summed E-state index contributed by atoms with van der Waals surface area (Å²) < 4.78 is 12.1. The number of para-hydroxylation sites is 1. The summed E-state index contributed by atoms with van der Waals surface area (Å²) in [6, 6.07) is 8.77. The largest absolute Gasteiger partial charge is 0.488 e. The number of ether oxygens (including phenoxy) is 2. The molecular formula is C21H34N4O2. The van der Waals surface area contributed by atoms with Crippen molar-refractivity contribution in [1.82, 2.24) is 15.5 Å². The molecule has 1 aromatic rings. The van der Waals surface area contributed by atoms with Crippen molar-refractivity contribution in [3.8, 4) is 5.75 Å². The molecule has 2 unspecified atom stereocenters. The quantitative estimate of drug-likeness (QED) is 0.612. The van der Waals surface area contributed by atoms with Crippen LogP contribution in [0.2, 0.25) is 0 Å². The number of aliphatic imine (C=N–C) groups is 1. The fourth-order valence-electron chi connectivity index (χ4n) is 3.70. The molecule has 2 aliphatic rings. The molecule has 1 aromatic carbocycles. The number of morpholine rings is 1. The van der Waals surface area contributed by atoms with E-state index in [-0.39, 0.29) is 11.7 Å². The first kappa shape index (κ1) is 20.0. The van der Waals surface area contributed by atoms with Gasteiger partial charge in [0.1, 0.15) is 11.4 Å². The Bertz CT molecular complexity index is 641. The Morgan fingerprint density at radius 3 is 2.89 bits per heavy atom. The van der Waals surface area contributed by atoms with E-state index in [0.29, 0.717) is 12.6 Å². The highest BCUT2D eigenvalue weighted by molar-refractivity contribution is 5.79. The zero-order chi connectivity index (χ0) is 19.3. The first-order chi connectivity index (χ1) is 12.9. The van der Waals surface area contributed by atoms with Gasteiger partial charge in [-0.25, -0.2) is 0 Å². The van der Waals surface area contributed by atoms with Crippen molar-refractivity contribution in [1.29, 1.82) is 0 Å². The van der Waals surface area contributed by atoms with Gasteiger partial charge in [-0.2, -0.15) is 0 Å². The molecule has 0 aromatic heterocycles. The third-order valence-corrected chi connectivity index (χ3v) is 5.02. The van der Waals surface area contributed by atoms with E-state index in [0.717, 1.165) is 37.0 Å². The molecule has 2 aliphatic heterocycles. The van der Waals surface area contributed by atoms with Gasteiger partial charge in [-0.1, -0.05) is 18.2 Å². The van der Waals surface area contributed by atoms with Crippen LogP contribution in [0.4, 0.5) is 0 Å². The molecule has 27 heavy (non-hydrogen) atoms. The Kier molecular flexibility index (Phi) is 6.60. The monoisotopic (exact) mass is 374 g/mol. The molecule has 2 saturated heterocycles. The van der Waals surface area contributed by atoms with E-state index in [9.17, 15) is 0 Å². The Morgan fingerprint density at radius 1 is 1.30 bits per heavy atom. The highest BCUT2D eigenvalue weighted by atomic mass is 16.5. The molecule has 0 aliphatic carbocycles. The predicted octanol–water partition coefficient (Wildman–Crippen LogP) is 2.39. The number of rotatable bonds is 5. The number of guanidine groups is 1. The summed E-state index contributed by atoms with van der Waals surface area (Å²) in [5, 5.41) is 6.79. The number of benzene rings is 1. The molecule has 0 bridgehead atoms. The van der Waals surface area contributed by atoms with Gasteiger partial charge < -0.3 is 20.1 Å². The summed E-state index contributed by atoms with van der Waals surface area (Å²) in [5.74, 6) is 1.69. The normalized spacial score (nSPS) is 23.8. The lowest BCUT2D eigenvalue weighted by Gasteiger charge is -2.35. The summed E-state index contributed by atoms with van der Waals surface area (Å²) in [6.45, 7) is 10.7. The van der Waals surface area contributed by atoms with Gasteiger partial charge in [0.2, 0.25) is 0 Å². The van der Waals surface area contributed by atoms with Crippen LogP contribution in [-0.4, -0.2) is 61.9 Å². The number of fused-ring (bicyclic) bond motifs is 1. The number of hydrogen-bond donors (Lipinski definition) is 2. The minimum absolute atomic E-state index is 0.217. The standard InChI is InChI=1S/C21H34N4O2/c1-21(2,3)27-19-10-6-5-8-16(19)12-23-20(22-4)24-13-18-14-25-11-7-9-17(25)15-26-18/h5-6,8,10,17-18H,7,9,11-15H2,1-4H3,(H2,22,23,24). The fraction of sp³-hybridized carbons (Fsp3) is 0.667. The van der Waals surface area contributed by atoms with Crippen LogP contribution >= 0.6 is 0 Å². The van der Waals surface area contributed by atoms with Gasteiger partial charge in [-0.05, 0) is 46.2 Å². The minimum Gasteiger partial charge on any atom is -0.488 e. The van der Waals surface area contributed by atoms with Crippen molar-refractivity contribution < 1.29 is 9.47 Å². The van der Waals surface area contributed by atoms with E-state index in [1.165, 1.54) is 19.4 Å². The van der Waals surface area contributed by atoms with Crippen molar-refractivity contribution >= 4 is 5.96 Å². The van der Waals surface area contributed by atoms with Gasteiger partial charge in [-0.15, -0.1) is 0 Å². The third-order valence-electron chi connectivity index (χ3n) is 5.02. The van der Waals surface area contributed by atoms with Gasteiger partial charge in [0.05, 0.1) is 12.7 Å². The lowest BCUT2D eigenvalue weighted by atomic mass is 10.1. The Morgan fingerprint density at radius 2 is 2.11 bits per heavy atom. The summed E-state index contributed by atoms with van der Waals surface area (Å²) in [4.78, 5) is 6.90. The van der Waals surface area contributed by atoms with E-state index >= 15 is 0 Å². The van der Waals surface area contributed by atoms with Crippen LogP contribution in [0.25, 0.3) is 0 Å². The van der Waals surface area contributed by atoms with Crippen molar-refractivity contribution in [2.24, 2.45) is 4.99 Å². The fourth-order valence-corrected chi connectivity index (χ4v) is 3.70. The van der Waals surface area contributed by atoms with Crippen molar-refractivity contribution in [3.63, 3.8) is 0 Å². The van der Waals surface area contributed by atoms with E-state index in [2.05, 4.69) is 47.4 Å². The van der Waals surface area contributed by atoms with Crippen molar-refractivity contribution in [3.05, 3.63) is 29.8 Å². The van der Waals surface area contributed by atoms with Gasteiger partial charge >= 0.3 is 0 Å². The second-order valence-electron chi connectivity index (χ2n) is 8.38. The summed E-state index contributed by atoms with van der Waals surface area (Å²) >= 11 is 0. The summed E-state index contributed by atoms with van der Waals surface area (Å²) in [7, 11) is 1.80. The van der Waals surface area contributed by atoms with Crippen LogP contribution in [0, 0.1) is 0 Å².